The molecule has 0 saturated heterocycles. The number of imidazole rings is 1. The number of aromatic nitrogens is 2. The molecule has 2 N–H and O–H groups in total. The fourth-order valence-electron chi connectivity index (χ4n) is 2.47. The number of rotatable bonds is 1. The molecule has 0 spiro atoms. The standard InChI is InChI=1S/C13H15N3/c1-13(10-5-3-2-4-6-10)12-11(7-8-16-13)14-9-15-12/h2-6,9,16H,7-8H2,1H3,(H,14,15)/t13-/m1/s1. The first-order chi connectivity index (χ1) is 7.81. The van der Waals surface area contributed by atoms with E-state index in [4.69, 9.17) is 0 Å². The van der Waals surface area contributed by atoms with Gasteiger partial charge in [-0.3, -0.25) is 0 Å². The lowest BCUT2D eigenvalue weighted by molar-refractivity contribution is 0.403. The van der Waals surface area contributed by atoms with Crippen molar-refractivity contribution < 1.29 is 0 Å². The number of hydrogen-bond donors (Lipinski definition) is 2. The molecule has 0 amide bonds. The van der Waals surface area contributed by atoms with Crippen LogP contribution in [0, 0.1) is 0 Å². The number of nitrogens with one attached hydrogen (secondary N) is 2. The molecule has 1 aromatic carbocycles. The van der Waals surface area contributed by atoms with E-state index in [0.29, 0.717) is 0 Å². The van der Waals surface area contributed by atoms with E-state index in [-0.39, 0.29) is 5.54 Å². The predicted molar refractivity (Wildman–Crippen MR) is 63.2 cm³/mol. The smallest absolute Gasteiger partial charge is 0.0926 e. The Morgan fingerprint density at radius 3 is 2.88 bits per heavy atom. The van der Waals surface area contributed by atoms with E-state index in [1.54, 1.807) is 6.33 Å². The minimum Gasteiger partial charge on any atom is -0.348 e. The maximum atomic E-state index is 4.47. The van der Waals surface area contributed by atoms with Gasteiger partial charge in [0.25, 0.3) is 0 Å². The fourth-order valence-corrected chi connectivity index (χ4v) is 2.47. The Labute approximate surface area is 94.9 Å². The molecule has 0 bridgehead atoms. The second-order valence-corrected chi connectivity index (χ2v) is 4.40. The lowest BCUT2D eigenvalue weighted by atomic mass is 9.84. The summed E-state index contributed by atoms with van der Waals surface area (Å²) >= 11 is 0. The first kappa shape index (κ1) is 9.60. The summed E-state index contributed by atoms with van der Waals surface area (Å²) in [4.78, 5) is 7.70. The zero-order chi connectivity index (χ0) is 11.0. The molecule has 0 unspecified atom stereocenters. The molecule has 1 aliphatic rings. The zero-order valence-corrected chi connectivity index (χ0v) is 9.33. The van der Waals surface area contributed by atoms with Crippen LogP contribution in [-0.4, -0.2) is 16.5 Å². The summed E-state index contributed by atoms with van der Waals surface area (Å²) in [6, 6.07) is 10.5. The zero-order valence-electron chi connectivity index (χ0n) is 9.33. The normalized spacial score (nSPS) is 24.1. The molecule has 3 nitrogen and oxygen atoms in total. The SMILES string of the molecule is C[C@]1(c2ccccc2)NCCc2[nH]cnc21. The van der Waals surface area contributed by atoms with Crippen molar-refractivity contribution in [1.82, 2.24) is 15.3 Å². The van der Waals surface area contributed by atoms with Crippen molar-refractivity contribution >= 4 is 0 Å². The lowest BCUT2D eigenvalue weighted by Gasteiger charge is -2.34. The highest BCUT2D eigenvalue weighted by Gasteiger charge is 2.35. The first-order valence-corrected chi connectivity index (χ1v) is 5.64. The number of fused-ring (bicyclic) bond motifs is 1. The highest BCUT2D eigenvalue weighted by atomic mass is 15.1. The van der Waals surface area contributed by atoms with Gasteiger partial charge in [-0.2, -0.15) is 0 Å². The monoisotopic (exact) mass is 213 g/mol. The van der Waals surface area contributed by atoms with Gasteiger partial charge in [-0.15, -0.1) is 0 Å². The van der Waals surface area contributed by atoms with Gasteiger partial charge in [0.15, 0.2) is 0 Å². The molecule has 3 heteroatoms. The van der Waals surface area contributed by atoms with Crippen LogP contribution in [-0.2, 0) is 12.0 Å². The van der Waals surface area contributed by atoms with Gasteiger partial charge >= 0.3 is 0 Å². The molecule has 16 heavy (non-hydrogen) atoms. The summed E-state index contributed by atoms with van der Waals surface area (Å²) in [5, 5.41) is 3.57. The van der Waals surface area contributed by atoms with Gasteiger partial charge in [0, 0.05) is 18.7 Å². The molecule has 1 aromatic heterocycles. The van der Waals surface area contributed by atoms with Gasteiger partial charge in [0.2, 0.25) is 0 Å². The van der Waals surface area contributed by atoms with Crippen LogP contribution in [0.3, 0.4) is 0 Å². The summed E-state index contributed by atoms with van der Waals surface area (Å²) in [7, 11) is 0. The van der Waals surface area contributed by atoms with Crippen LogP contribution in [0.4, 0.5) is 0 Å². The highest BCUT2D eigenvalue weighted by Crippen LogP contribution is 2.32. The van der Waals surface area contributed by atoms with E-state index < -0.39 is 0 Å². The van der Waals surface area contributed by atoms with Crippen LogP contribution in [0.2, 0.25) is 0 Å². The van der Waals surface area contributed by atoms with Crippen LogP contribution >= 0.6 is 0 Å². The minimum absolute atomic E-state index is 0.158. The topological polar surface area (TPSA) is 40.7 Å². The Morgan fingerprint density at radius 2 is 2.06 bits per heavy atom. The summed E-state index contributed by atoms with van der Waals surface area (Å²) in [6.45, 7) is 3.18. The van der Waals surface area contributed by atoms with E-state index in [9.17, 15) is 0 Å². The van der Waals surface area contributed by atoms with Gasteiger partial charge < -0.3 is 10.3 Å². The van der Waals surface area contributed by atoms with Gasteiger partial charge in [0.05, 0.1) is 17.6 Å². The van der Waals surface area contributed by atoms with Gasteiger partial charge in [0.1, 0.15) is 0 Å². The molecule has 2 heterocycles. The van der Waals surface area contributed by atoms with Crippen LogP contribution in [0.5, 0.6) is 0 Å². The average Bonchev–Trinajstić information content (AvgIpc) is 2.80. The molecular weight excluding hydrogens is 198 g/mol. The predicted octanol–water partition coefficient (Wildman–Crippen LogP) is 1.82. The molecule has 0 aliphatic carbocycles. The summed E-state index contributed by atoms with van der Waals surface area (Å²) < 4.78 is 0. The number of benzene rings is 1. The lowest BCUT2D eigenvalue weighted by Crippen LogP contribution is -2.46. The molecule has 1 atom stereocenters. The van der Waals surface area contributed by atoms with Crippen molar-refractivity contribution in [2.45, 2.75) is 18.9 Å². The van der Waals surface area contributed by atoms with Crippen LogP contribution in [0.1, 0.15) is 23.9 Å². The number of H-pyrrole nitrogens is 1. The van der Waals surface area contributed by atoms with E-state index >= 15 is 0 Å². The summed E-state index contributed by atoms with van der Waals surface area (Å²) in [5.74, 6) is 0. The van der Waals surface area contributed by atoms with E-state index in [2.05, 4.69) is 46.5 Å². The maximum absolute atomic E-state index is 4.47. The summed E-state index contributed by atoms with van der Waals surface area (Å²) in [6.07, 6.45) is 2.82. The highest BCUT2D eigenvalue weighted by molar-refractivity contribution is 5.37. The summed E-state index contributed by atoms with van der Waals surface area (Å²) in [5.41, 5.74) is 3.49. The number of aromatic amines is 1. The van der Waals surface area contributed by atoms with E-state index in [1.165, 1.54) is 11.3 Å². The van der Waals surface area contributed by atoms with Gasteiger partial charge in [-0.05, 0) is 12.5 Å². The molecular formula is C13H15N3. The maximum Gasteiger partial charge on any atom is 0.0926 e. The third-order valence-electron chi connectivity index (χ3n) is 3.40. The van der Waals surface area contributed by atoms with Crippen molar-refractivity contribution in [2.24, 2.45) is 0 Å². The quantitative estimate of drug-likeness (QED) is 0.758. The average molecular weight is 213 g/mol. The number of hydrogen-bond acceptors (Lipinski definition) is 2. The van der Waals surface area contributed by atoms with Crippen molar-refractivity contribution in [3.8, 4) is 0 Å². The van der Waals surface area contributed by atoms with Crippen molar-refractivity contribution in [2.75, 3.05) is 6.54 Å². The molecule has 2 aromatic rings. The third-order valence-corrected chi connectivity index (χ3v) is 3.40. The Balaban J connectivity index is 2.14. The second kappa shape index (κ2) is 3.46. The molecule has 1 aliphatic heterocycles. The van der Waals surface area contributed by atoms with Crippen molar-refractivity contribution in [1.29, 1.82) is 0 Å². The Morgan fingerprint density at radius 1 is 1.25 bits per heavy atom. The third kappa shape index (κ3) is 1.28. The molecule has 82 valence electrons. The first-order valence-electron chi connectivity index (χ1n) is 5.64. The van der Waals surface area contributed by atoms with Crippen LogP contribution < -0.4 is 5.32 Å². The van der Waals surface area contributed by atoms with Gasteiger partial charge in [-0.1, -0.05) is 30.3 Å². The van der Waals surface area contributed by atoms with E-state index in [1.807, 2.05) is 6.07 Å². The van der Waals surface area contributed by atoms with E-state index in [0.717, 1.165) is 18.7 Å². The largest absolute Gasteiger partial charge is 0.348 e. The van der Waals surface area contributed by atoms with Crippen molar-refractivity contribution in [3.63, 3.8) is 0 Å². The fraction of sp³-hybridized carbons (Fsp3) is 0.308. The minimum atomic E-state index is -0.158. The van der Waals surface area contributed by atoms with Crippen molar-refractivity contribution in [3.05, 3.63) is 53.6 Å². The Hall–Kier alpha value is -1.61. The molecule has 0 saturated carbocycles. The second-order valence-electron chi connectivity index (χ2n) is 4.40. The molecule has 0 radical (unpaired) electrons. The Kier molecular flexibility index (Phi) is 2.07. The van der Waals surface area contributed by atoms with Crippen LogP contribution in [0.25, 0.3) is 0 Å². The van der Waals surface area contributed by atoms with Gasteiger partial charge in [-0.25, -0.2) is 4.98 Å². The van der Waals surface area contributed by atoms with Crippen LogP contribution in [0.15, 0.2) is 36.7 Å². The molecule has 3 rings (SSSR count). The number of nitrogens with zero attached hydrogens (tertiary/aromatic N) is 1. The molecule has 0 fully saturated rings. The Bertz CT molecular complexity index is 489.